The first-order valence-electron chi connectivity index (χ1n) is 6.35. The zero-order valence-electron chi connectivity index (χ0n) is 11.6. The summed E-state index contributed by atoms with van der Waals surface area (Å²) in [6.45, 7) is 0.257. The van der Waals surface area contributed by atoms with Gasteiger partial charge in [-0.2, -0.15) is 5.10 Å². The molecule has 1 aromatic heterocycles. The molecule has 2 aromatic rings. The Hall–Kier alpha value is -2.11. The number of benzene rings is 1. The van der Waals surface area contributed by atoms with Crippen LogP contribution in [0.4, 0.5) is 20.2 Å². The van der Waals surface area contributed by atoms with Gasteiger partial charge in [-0.25, -0.2) is 8.78 Å². The zero-order chi connectivity index (χ0) is 14.5. The van der Waals surface area contributed by atoms with Crippen LogP contribution in [0.1, 0.15) is 5.56 Å². The third-order valence-corrected chi connectivity index (χ3v) is 2.91. The van der Waals surface area contributed by atoms with E-state index in [9.17, 15) is 8.78 Å². The number of hydrogen-bond acceptors (Lipinski definition) is 3. The van der Waals surface area contributed by atoms with Crippen molar-refractivity contribution in [2.24, 2.45) is 0 Å². The number of halogens is 2. The zero-order valence-corrected chi connectivity index (χ0v) is 11.6. The van der Waals surface area contributed by atoms with Gasteiger partial charge < -0.3 is 10.2 Å². The molecule has 0 bridgehead atoms. The minimum Gasteiger partial charge on any atom is -0.378 e. The van der Waals surface area contributed by atoms with Crippen molar-refractivity contribution in [1.29, 1.82) is 0 Å². The van der Waals surface area contributed by atoms with E-state index in [0.717, 1.165) is 16.9 Å². The summed E-state index contributed by atoms with van der Waals surface area (Å²) in [6, 6.07) is 8.15. The number of rotatable bonds is 6. The second-order valence-electron chi connectivity index (χ2n) is 4.76. The lowest BCUT2D eigenvalue weighted by atomic mass is 10.2. The van der Waals surface area contributed by atoms with Crippen molar-refractivity contribution >= 4 is 11.4 Å². The van der Waals surface area contributed by atoms with Crippen LogP contribution in [0.5, 0.6) is 0 Å². The third kappa shape index (κ3) is 3.94. The lowest BCUT2D eigenvalue weighted by Gasteiger charge is -2.12. The first kappa shape index (κ1) is 14.3. The standard InChI is InChI=1S/C14H18F2N4/c1-19(2)13-5-3-11(4-6-13)7-17-12-8-18-20(9-12)10-14(15)16/h3-6,8-9,14,17H,7,10H2,1-2H3. The van der Waals surface area contributed by atoms with Crippen LogP contribution >= 0.6 is 0 Å². The van der Waals surface area contributed by atoms with E-state index >= 15 is 0 Å². The van der Waals surface area contributed by atoms with Crippen LogP contribution in [0.2, 0.25) is 0 Å². The molecule has 0 fully saturated rings. The van der Waals surface area contributed by atoms with Crippen LogP contribution in [0.3, 0.4) is 0 Å². The summed E-state index contributed by atoms with van der Waals surface area (Å²) >= 11 is 0. The SMILES string of the molecule is CN(C)c1ccc(CNc2cnn(CC(F)F)c2)cc1. The highest BCUT2D eigenvalue weighted by atomic mass is 19.3. The molecule has 0 aliphatic carbocycles. The first-order chi connectivity index (χ1) is 9.54. The van der Waals surface area contributed by atoms with Crippen molar-refractivity contribution in [3.05, 3.63) is 42.2 Å². The molecule has 0 spiro atoms. The predicted octanol–water partition coefficient (Wildman–Crippen LogP) is 2.83. The molecule has 1 heterocycles. The lowest BCUT2D eigenvalue weighted by molar-refractivity contribution is 0.122. The molecule has 1 aromatic carbocycles. The van der Waals surface area contributed by atoms with E-state index in [0.29, 0.717) is 6.54 Å². The molecule has 2 rings (SSSR count). The maximum absolute atomic E-state index is 12.2. The van der Waals surface area contributed by atoms with E-state index in [4.69, 9.17) is 0 Å². The molecule has 0 unspecified atom stereocenters. The number of anilines is 2. The Bertz CT molecular complexity index is 534. The Morgan fingerprint density at radius 3 is 2.55 bits per heavy atom. The molecular formula is C14H18F2N4. The molecule has 0 radical (unpaired) electrons. The van der Waals surface area contributed by atoms with Crippen LogP contribution in [0.25, 0.3) is 0 Å². The van der Waals surface area contributed by atoms with Crippen molar-refractivity contribution < 1.29 is 8.78 Å². The van der Waals surface area contributed by atoms with E-state index < -0.39 is 6.43 Å². The lowest BCUT2D eigenvalue weighted by Crippen LogP contribution is -2.08. The molecule has 0 saturated carbocycles. The Morgan fingerprint density at radius 2 is 1.95 bits per heavy atom. The number of nitrogens with zero attached hydrogens (tertiary/aromatic N) is 3. The normalized spacial score (nSPS) is 10.8. The van der Waals surface area contributed by atoms with Gasteiger partial charge in [-0.05, 0) is 17.7 Å². The highest BCUT2D eigenvalue weighted by Gasteiger charge is 2.05. The average molecular weight is 280 g/mol. The minimum absolute atomic E-state index is 0.376. The summed E-state index contributed by atoms with van der Waals surface area (Å²) in [7, 11) is 3.98. The molecule has 0 amide bonds. The highest BCUT2D eigenvalue weighted by Crippen LogP contribution is 2.14. The van der Waals surface area contributed by atoms with Crippen molar-refractivity contribution in [1.82, 2.24) is 9.78 Å². The number of aromatic nitrogens is 2. The largest absolute Gasteiger partial charge is 0.378 e. The smallest absolute Gasteiger partial charge is 0.257 e. The molecule has 1 N–H and O–H groups in total. The van der Waals surface area contributed by atoms with Crippen LogP contribution in [-0.4, -0.2) is 30.3 Å². The van der Waals surface area contributed by atoms with Gasteiger partial charge in [0.05, 0.1) is 11.9 Å². The van der Waals surface area contributed by atoms with Crippen LogP contribution in [0, 0.1) is 0 Å². The number of nitrogens with one attached hydrogen (secondary N) is 1. The summed E-state index contributed by atoms with van der Waals surface area (Å²) in [5.41, 5.74) is 3.00. The molecule has 108 valence electrons. The molecule has 6 heteroatoms. The Kier molecular flexibility index (Phi) is 4.55. The first-order valence-corrected chi connectivity index (χ1v) is 6.35. The van der Waals surface area contributed by atoms with Gasteiger partial charge >= 0.3 is 0 Å². The minimum atomic E-state index is -2.39. The Balaban J connectivity index is 1.89. The fourth-order valence-corrected chi connectivity index (χ4v) is 1.81. The Labute approximate surface area is 117 Å². The summed E-state index contributed by atoms with van der Waals surface area (Å²) < 4.78 is 25.6. The predicted molar refractivity (Wildman–Crippen MR) is 76.3 cm³/mol. The summed E-state index contributed by atoms with van der Waals surface area (Å²) in [5.74, 6) is 0. The Morgan fingerprint density at radius 1 is 1.25 bits per heavy atom. The highest BCUT2D eigenvalue weighted by molar-refractivity contribution is 5.47. The number of alkyl halides is 2. The quantitative estimate of drug-likeness (QED) is 0.883. The number of hydrogen-bond donors (Lipinski definition) is 1. The van der Waals surface area contributed by atoms with Gasteiger partial charge in [-0.15, -0.1) is 0 Å². The van der Waals surface area contributed by atoms with Gasteiger partial charge in [0.1, 0.15) is 6.54 Å². The van der Waals surface area contributed by atoms with Crippen molar-refractivity contribution in [3.8, 4) is 0 Å². The fourth-order valence-electron chi connectivity index (χ4n) is 1.81. The van der Waals surface area contributed by atoms with Gasteiger partial charge in [0.25, 0.3) is 6.43 Å². The molecular weight excluding hydrogens is 262 g/mol. The van der Waals surface area contributed by atoms with Gasteiger partial charge in [-0.1, -0.05) is 12.1 Å². The van der Waals surface area contributed by atoms with E-state index in [1.807, 2.05) is 43.3 Å². The maximum atomic E-state index is 12.2. The van der Waals surface area contributed by atoms with E-state index in [1.165, 1.54) is 4.68 Å². The van der Waals surface area contributed by atoms with Crippen LogP contribution < -0.4 is 10.2 Å². The second kappa shape index (κ2) is 6.36. The summed E-state index contributed by atoms with van der Waals surface area (Å²) in [5, 5.41) is 7.03. The monoisotopic (exact) mass is 280 g/mol. The second-order valence-corrected chi connectivity index (χ2v) is 4.76. The molecule has 4 nitrogen and oxygen atoms in total. The van der Waals surface area contributed by atoms with Crippen molar-refractivity contribution in [3.63, 3.8) is 0 Å². The molecule has 20 heavy (non-hydrogen) atoms. The van der Waals surface area contributed by atoms with Crippen LogP contribution in [0.15, 0.2) is 36.7 Å². The molecule has 0 saturated heterocycles. The summed E-state index contributed by atoms with van der Waals surface area (Å²) in [6.07, 6.45) is 0.748. The summed E-state index contributed by atoms with van der Waals surface area (Å²) in [4.78, 5) is 2.03. The van der Waals surface area contributed by atoms with Crippen molar-refractivity contribution in [2.45, 2.75) is 19.5 Å². The molecule has 0 aliphatic rings. The maximum Gasteiger partial charge on any atom is 0.257 e. The van der Waals surface area contributed by atoms with Gasteiger partial charge in [0.2, 0.25) is 0 Å². The molecule has 0 atom stereocenters. The third-order valence-electron chi connectivity index (χ3n) is 2.91. The van der Waals surface area contributed by atoms with E-state index in [2.05, 4.69) is 10.4 Å². The van der Waals surface area contributed by atoms with Crippen molar-refractivity contribution in [2.75, 3.05) is 24.3 Å². The van der Waals surface area contributed by atoms with Crippen LogP contribution in [-0.2, 0) is 13.1 Å². The van der Waals surface area contributed by atoms with Gasteiger partial charge in [0.15, 0.2) is 0 Å². The van der Waals surface area contributed by atoms with Gasteiger partial charge in [0, 0.05) is 32.5 Å². The van der Waals surface area contributed by atoms with Gasteiger partial charge in [-0.3, -0.25) is 4.68 Å². The fraction of sp³-hybridized carbons (Fsp3) is 0.357. The van der Waals surface area contributed by atoms with E-state index in [-0.39, 0.29) is 6.54 Å². The molecule has 0 aliphatic heterocycles. The van der Waals surface area contributed by atoms with E-state index in [1.54, 1.807) is 12.4 Å². The topological polar surface area (TPSA) is 33.1 Å². The average Bonchev–Trinajstić information content (AvgIpc) is 2.83.